The lowest BCUT2D eigenvalue weighted by Gasteiger charge is -2.12. The lowest BCUT2D eigenvalue weighted by Crippen LogP contribution is -2.12. The van der Waals surface area contributed by atoms with Crippen molar-refractivity contribution in [3.8, 4) is 5.75 Å². The highest BCUT2D eigenvalue weighted by atomic mass is 35.5. The number of rotatable bonds is 3. The molecular formula is C11H15Cl2NO. The van der Waals surface area contributed by atoms with Gasteiger partial charge >= 0.3 is 0 Å². The lowest BCUT2D eigenvalue weighted by molar-refractivity contribution is 0.413. The Hall–Kier alpha value is -0.440. The summed E-state index contributed by atoms with van der Waals surface area (Å²) in [5.74, 6) is 1.36. The van der Waals surface area contributed by atoms with E-state index in [2.05, 4.69) is 0 Å². The molecule has 4 heteroatoms. The lowest BCUT2D eigenvalue weighted by atomic mass is 10.0. The number of hydrogen-bond donors (Lipinski definition) is 1. The zero-order valence-electron chi connectivity index (χ0n) is 8.57. The molecule has 0 bridgehead atoms. The first-order chi connectivity index (χ1) is 6.72. The van der Waals surface area contributed by atoms with Crippen LogP contribution >= 0.6 is 24.0 Å². The molecule has 0 heterocycles. The van der Waals surface area contributed by atoms with Crippen LogP contribution in [-0.4, -0.2) is 7.11 Å². The summed E-state index contributed by atoms with van der Waals surface area (Å²) in [7, 11) is 1.62. The first kappa shape index (κ1) is 12.6. The van der Waals surface area contributed by atoms with Gasteiger partial charge in [-0.2, -0.15) is 0 Å². The highest BCUT2D eigenvalue weighted by molar-refractivity contribution is 6.32. The van der Waals surface area contributed by atoms with Crippen molar-refractivity contribution < 1.29 is 4.74 Å². The number of ether oxygens (including phenoxy) is 1. The third kappa shape index (κ3) is 2.77. The van der Waals surface area contributed by atoms with Gasteiger partial charge in [0.15, 0.2) is 0 Å². The van der Waals surface area contributed by atoms with Crippen LogP contribution in [0.4, 0.5) is 0 Å². The molecule has 0 aliphatic heterocycles. The molecule has 15 heavy (non-hydrogen) atoms. The maximum atomic E-state index is 6.08. The Labute approximate surface area is 101 Å². The smallest absolute Gasteiger partial charge is 0.137 e. The predicted molar refractivity (Wildman–Crippen MR) is 64.9 cm³/mol. The third-order valence-electron chi connectivity index (χ3n) is 2.69. The fourth-order valence-electron chi connectivity index (χ4n) is 1.61. The molecule has 1 fully saturated rings. The molecule has 1 aliphatic rings. The maximum absolute atomic E-state index is 6.08. The van der Waals surface area contributed by atoms with Gasteiger partial charge in [-0.3, -0.25) is 0 Å². The molecule has 0 spiro atoms. The Kier molecular flexibility index (Phi) is 4.26. The van der Waals surface area contributed by atoms with Crippen LogP contribution in [0, 0.1) is 5.92 Å². The summed E-state index contributed by atoms with van der Waals surface area (Å²) in [6.07, 6.45) is 2.48. The first-order valence-corrected chi connectivity index (χ1v) is 5.19. The van der Waals surface area contributed by atoms with E-state index in [1.807, 2.05) is 18.2 Å². The molecule has 0 amide bonds. The van der Waals surface area contributed by atoms with Crippen LogP contribution in [0.15, 0.2) is 18.2 Å². The Morgan fingerprint density at radius 1 is 1.47 bits per heavy atom. The van der Waals surface area contributed by atoms with E-state index in [-0.39, 0.29) is 18.4 Å². The third-order valence-corrected chi connectivity index (χ3v) is 3.00. The van der Waals surface area contributed by atoms with Crippen LogP contribution in [0.5, 0.6) is 5.75 Å². The topological polar surface area (TPSA) is 35.2 Å². The normalized spacial score (nSPS) is 16.7. The summed E-state index contributed by atoms with van der Waals surface area (Å²) in [5.41, 5.74) is 7.19. The molecule has 1 aliphatic carbocycles. The molecule has 2 N–H and O–H groups in total. The van der Waals surface area contributed by atoms with Gasteiger partial charge in [-0.1, -0.05) is 17.7 Å². The number of hydrogen-bond acceptors (Lipinski definition) is 2. The Morgan fingerprint density at radius 3 is 2.67 bits per heavy atom. The standard InChI is InChI=1S/C11H14ClNO.ClH/c1-14-10-6-8(4-5-9(10)12)11(13)7-2-3-7;/h4-7,11H,2-3,13H2,1H3;1H/t11-;/m1./s1. The zero-order chi connectivity index (χ0) is 10.1. The molecule has 2 nitrogen and oxygen atoms in total. The second-order valence-corrected chi connectivity index (χ2v) is 4.16. The molecule has 1 atom stereocenters. The maximum Gasteiger partial charge on any atom is 0.137 e. The monoisotopic (exact) mass is 247 g/mol. The van der Waals surface area contributed by atoms with Crippen LogP contribution < -0.4 is 10.5 Å². The predicted octanol–water partition coefficient (Wildman–Crippen LogP) is 3.18. The van der Waals surface area contributed by atoms with E-state index in [1.54, 1.807) is 7.11 Å². The fraction of sp³-hybridized carbons (Fsp3) is 0.455. The minimum atomic E-state index is 0. The van der Waals surface area contributed by atoms with Gasteiger partial charge < -0.3 is 10.5 Å². The fourth-order valence-corrected chi connectivity index (χ4v) is 1.81. The van der Waals surface area contributed by atoms with E-state index in [1.165, 1.54) is 12.8 Å². The van der Waals surface area contributed by atoms with Crippen molar-refractivity contribution in [1.82, 2.24) is 0 Å². The van der Waals surface area contributed by atoms with Crippen molar-refractivity contribution >= 4 is 24.0 Å². The second-order valence-electron chi connectivity index (χ2n) is 3.76. The summed E-state index contributed by atoms with van der Waals surface area (Å²) >= 11 is 5.93. The number of nitrogens with two attached hydrogens (primary N) is 1. The van der Waals surface area contributed by atoms with E-state index in [9.17, 15) is 0 Å². The highest BCUT2D eigenvalue weighted by Gasteiger charge is 2.29. The summed E-state index contributed by atoms with van der Waals surface area (Å²) in [6, 6.07) is 5.90. The number of benzene rings is 1. The van der Waals surface area contributed by atoms with Crippen LogP contribution in [0.2, 0.25) is 5.02 Å². The SMILES string of the molecule is COc1cc([C@H](N)C2CC2)ccc1Cl.Cl. The molecule has 0 radical (unpaired) electrons. The Bertz CT molecular complexity index is 339. The molecule has 0 saturated heterocycles. The molecule has 1 aromatic carbocycles. The van der Waals surface area contributed by atoms with Gasteiger partial charge in [-0.25, -0.2) is 0 Å². The van der Waals surface area contributed by atoms with Gasteiger partial charge in [0.05, 0.1) is 12.1 Å². The Morgan fingerprint density at radius 2 is 2.13 bits per heavy atom. The minimum absolute atomic E-state index is 0. The van der Waals surface area contributed by atoms with Crippen LogP contribution in [0.1, 0.15) is 24.4 Å². The van der Waals surface area contributed by atoms with Gasteiger partial charge in [-0.15, -0.1) is 12.4 Å². The van der Waals surface area contributed by atoms with Crippen LogP contribution in [0.3, 0.4) is 0 Å². The van der Waals surface area contributed by atoms with Crippen LogP contribution in [0.25, 0.3) is 0 Å². The summed E-state index contributed by atoms with van der Waals surface area (Å²) < 4.78 is 5.15. The molecule has 0 unspecified atom stereocenters. The van der Waals surface area contributed by atoms with Crippen molar-refractivity contribution in [2.45, 2.75) is 18.9 Å². The van der Waals surface area contributed by atoms with Crippen molar-refractivity contribution in [3.05, 3.63) is 28.8 Å². The summed E-state index contributed by atoms with van der Waals surface area (Å²) in [5, 5.41) is 0.638. The first-order valence-electron chi connectivity index (χ1n) is 4.81. The van der Waals surface area contributed by atoms with Crippen molar-refractivity contribution in [1.29, 1.82) is 0 Å². The van der Waals surface area contributed by atoms with Gasteiger partial charge in [0.2, 0.25) is 0 Å². The molecular weight excluding hydrogens is 233 g/mol. The molecule has 1 aromatic rings. The minimum Gasteiger partial charge on any atom is -0.495 e. The van der Waals surface area contributed by atoms with Crippen molar-refractivity contribution in [2.24, 2.45) is 11.7 Å². The van der Waals surface area contributed by atoms with Gasteiger partial charge in [0.25, 0.3) is 0 Å². The van der Waals surface area contributed by atoms with E-state index < -0.39 is 0 Å². The van der Waals surface area contributed by atoms with Gasteiger partial charge in [-0.05, 0) is 36.5 Å². The second kappa shape index (κ2) is 5.06. The summed E-state index contributed by atoms with van der Waals surface area (Å²) in [6.45, 7) is 0. The summed E-state index contributed by atoms with van der Waals surface area (Å²) in [4.78, 5) is 0. The average Bonchev–Trinajstić information content (AvgIpc) is 3.01. The molecule has 1 saturated carbocycles. The van der Waals surface area contributed by atoms with E-state index in [0.29, 0.717) is 16.7 Å². The number of halogens is 2. The van der Waals surface area contributed by atoms with E-state index in [0.717, 1.165) is 5.56 Å². The quantitative estimate of drug-likeness (QED) is 0.891. The van der Waals surface area contributed by atoms with Crippen molar-refractivity contribution in [2.75, 3.05) is 7.11 Å². The molecule has 84 valence electrons. The van der Waals surface area contributed by atoms with E-state index >= 15 is 0 Å². The van der Waals surface area contributed by atoms with Crippen molar-refractivity contribution in [3.63, 3.8) is 0 Å². The van der Waals surface area contributed by atoms with Gasteiger partial charge in [0, 0.05) is 6.04 Å². The number of methoxy groups -OCH3 is 1. The van der Waals surface area contributed by atoms with E-state index in [4.69, 9.17) is 22.1 Å². The largest absolute Gasteiger partial charge is 0.495 e. The molecule has 2 rings (SSSR count). The Balaban J connectivity index is 0.00000112. The van der Waals surface area contributed by atoms with Gasteiger partial charge in [0.1, 0.15) is 5.75 Å². The average molecular weight is 248 g/mol. The van der Waals surface area contributed by atoms with Crippen LogP contribution in [-0.2, 0) is 0 Å². The molecule has 0 aromatic heterocycles. The zero-order valence-corrected chi connectivity index (χ0v) is 10.1. The highest BCUT2D eigenvalue weighted by Crippen LogP contribution is 2.40.